The van der Waals surface area contributed by atoms with Gasteiger partial charge in [0, 0.05) is 22.4 Å². The molecule has 0 saturated heterocycles. The van der Waals surface area contributed by atoms with Crippen LogP contribution in [0.2, 0.25) is 5.02 Å². The Balaban J connectivity index is 1.49. The van der Waals surface area contributed by atoms with E-state index >= 15 is 0 Å². The first-order valence-corrected chi connectivity index (χ1v) is 10.6. The third kappa shape index (κ3) is 4.83. The predicted molar refractivity (Wildman–Crippen MR) is 125 cm³/mol. The Hall–Kier alpha value is -3.84. The molecule has 1 heterocycles. The smallest absolute Gasteiger partial charge is 0.344 e. The first-order valence-electron chi connectivity index (χ1n) is 10.2. The SMILES string of the molecule is Cc1c(OCC(=O)N[C@H](Cc2ccc(Cl)cc2)C(=O)O)ccc2c1oc(=O)c1ccccc12. The lowest BCUT2D eigenvalue weighted by atomic mass is 10.0. The van der Waals surface area contributed by atoms with Crippen LogP contribution in [0.3, 0.4) is 0 Å². The highest BCUT2D eigenvalue weighted by Gasteiger charge is 2.21. The number of rotatable bonds is 7. The standard InChI is InChI=1S/C25H20ClNO6/c1-14-21(11-10-18-17-4-2-3-5-19(17)25(31)33-23(14)18)32-13-22(28)27-20(24(29)30)12-15-6-8-16(26)9-7-15/h2-11,20H,12-13H2,1H3,(H,27,28)(H,29,30)/t20-/m1/s1. The lowest BCUT2D eigenvalue weighted by Crippen LogP contribution is -2.44. The Labute approximate surface area is 193 Å². The quantitative estimate of drug-likeness (QED) is 0.314. The monoisotopic (exact) mass is 465 g/mol. The van der Waals surface area contributed by atoms with Crippen molar-refractivity contribution in [3.05, 3.63) is 87.2 Å². The minimum atomic E-state index is -1.16. The highest BCUT2D eigenvalue weighted by Crippen LogP contribution is 2.30. The maximum atomic E-state index is 12.4. The first-order chi connectivity index (χ1) is 15.8. The highest BCUT2D eigenvalue weighted by atomic mass is 35.5. The van der Waals surface area contributed by atoms with Crippen molar-refractivity contribution in [1.29, 1.82) is 0 Å². The number of amides is 1. The molecule has 8 heteroatoms. The molecule has 0 radical (unpaired) electrons. The van der Waals surface area contributed by atoms with Gasteiger partial charge in [-0.25, -0.2) is 9.59 Å². The first kappa shape index (κ1) is 22.4. The van der Waals surface area contributed by atoms with Gasteiger partial charge >= 0.3 is 11.6 Å². The number of aliphatic carboxylic acids is 1. The summed E-state index contributed by atoms with van der Waals surface area (Å²) in [6, 6.07) is 16.2. The van der Waals surface area contributed by atoms with E-state index in [1.807, 2.05) is 12.1 Å². The fraction of sp³-hybridized carbons (Fsp3) is 0.160. The van der Waals surface area contributed by atoms with E-state index in [-0.39, 0.29) is 6.42 Å². The van der Waals surface area contributed by atoms with Gasteiger partial charge in [0.25, 0.3) is 5.91 Å². The summed E-state index contributed by atoms with van der Waals surface area (Å²) >= 11 is 5.85. The van der Waals surface area contributed by atoms with Gasteiger partial charge in [0.15, 0.2) is 6.61 Å². The third-order valence-corrected chi connectivity index (χ3v) is 5.59. The fourth-order valence-corrected chi connectivity index (χ4v) is 3.78. The molecule has 168 valence electrons. The number of aryl methyl sites for hydroxylation is 1. The number of halogens is 1. The number of carbonyl (C=O) groups excluding carboxylic acids is 1. The van der Waals surface area contributed by atoms with Crippen LogP contribution < -0.4 is 15.7 Å². The Morgan fingerprint density at radius 2 is 1.73 bits per heavy atom. The largest absolute Gasteiger partial charge is 0.483 e. The topological polar surface area (TPSA) is 106 Å². The third-order valence-electron chi connectivity index (χ3n) is 5.33. The van der Waals surface area contributed by atoms with Crippen LogP contribution in [0.15, 0.2) is 69.9 Å². The van der Waals surface area contributed by atoms with Crippen LogP contribution in [0.5, 0.6) is 5.75 Å². The van der Waals surface area contributed by atoms with Crippen molar-refractivity contribution in [1.82, 2.24) is 5.32 Å². The van der Waals surface area contributed by atoms with Gasteiger partial charge in [-0.2, -0.15) is 0 Å². The Bertz CT molecular complexity index is 1410. The summed E-state index contributed by atoms with van der Waals surface area (Å²) in [5.74, 6) is -1.38. The number of carboxylic acid groups (broad SMARTS) is 1. The van der Waals surface area contributed by atoms with Gasteiger partial charge in [-0.05, 0) is 48.2 Å². The summed E-state index contributed by atoms with van der Waals surface area (Å²) in [6.07, 6.45) is 0.103. The van der Waals surface area contributed by atoms with E-state index in [1.54, 1.807) is 55.5 Å². The van der Waals surface area contributed by atoms with Crippen LogP contribution >= 0.6 is 11.6 Å². The molecule has 0 spiro atoms. The molecule has 0 aliphatic carbocycles. The molecular formula is C25H20ClNO6. The molecule has 0 saturated carbocycles. The zero-order valence-corrected chi connectivity index (χ0v) is 18.4. The lowest BCUT2D eigenvalue weighted by Gasteiger charge is -2.16. The fourth-order valence-electron chi connectivity index (χ4n) is 3.65. The summed E-state index contributed by atoms with van der Waals surface area (Å²) in [5, 5.41) is 14.5. The van der Waals surface area contributed by atoms with Gasteiger partial charge < -0.3 is 19.6 Å². The molecule has 0 fully saturated rings. The number of fused-ring (bicyclic) bond motifs is 3. The predicted octanol–water partition coefficient (Wildman–Crippen LogP) is 4.10. The minimum Gasteiger partial charge on any atom is -0.483 e. The molecule has 0 aliphatic rings. The summed E-state index contributed by atoms with van der Waals surface area (Å²) in [7, 11) is 0. The van der Waals surface area contributed by atoms with Gasteiger partial charge in [0.05, 0.1) is 5.39 Å². The second kappa shape index (κ2) is 9.34. The molecule has 1 atom stereocenters. The maximum Gasteiger partial charge on any atom is 0.344 e. The number of ether oxygens (including phenoxy) is 1. The van der Waals surface area contributed by atoms with Crippen molar-refractivity contribution in [2.45, 2.75) is 19.4 Å². The highest BCUT2D eigenvalue weighted by molar-refractivity contribution is 6.30. The lowest BCUT2D eigenvalue weighted by molar-refractivity contribution is -0.142. The second-order valence-electron chi connectivity index (χ2n) is 7.58. The van der Waals surface area contributed by atoms with Crippen molar-refractivity contribution >= 4 is 45.2 Å². The summed E-state index contributed by atoms with van der Waals surface area (Å²) in [4.78, 5) is 36.3. The van der Waals surface area contributed by atoms with Crippen LogP contribution in [-0.4, -0.2) is 29.6 Å². The van der Waals surface area contributed by atoms with E-state index in [0.717, 1.165) is 16.3 Å². The molecule has 33 heavy (non-hydrogen) atoms. The van der Waals surface area contributed by atoms with Gasteiger partial charge in [-0.15, -0.1) is 0 Å². The minimum absolute atomic E-state index is 0.103. The maximum absolute atomic E-state index is 12.4. The Morgan fingerprint density at radius 1 is 1.03 bits per heavy atom. The van der Waals surface area contributed by atoms with Crippen molar-refractivity contribution < 1.29 is 23.8 Å². The van der Waals surface area contributed by atoms with E-state index in [1.165, 1.54) is 0 Å². The van der Waals surface area contributed by atoms with Crippen LogP contribution in [-0.2, 0) is 16.0 Å². The zero-order valence-electron chi connectivity index (χ0n) is 17.6. The zero-order chi connectivity index (χ0) is 23.5. The van der Waals surface area contributed by atoms with Crippen molar-refractivity contribution in [3.8, 4) is 5.75 Å². The van der Waals surface area contributed by atoms with E-state index in [4.69, 9.17) is 20.8 Å². The van der Waals surface area contributed by atoms with Gasteiger partial charge in [0.2, 0.25) is 0 Å². The molecular weight excluding hydrogens is 446 g/mol. The number of hydrogen-bond donors (Lipinski definition) is 2. The molecule has 4 rings (SSSR count). The average molecular weight is 466 g/mol. The second-order valence-corrected chi connectivity index (χ2v) is 8.01. The summed E-state index contributed by atoms with van der Waals surface area (Å²) in [6.45, 7) is 1.34. The molecule has 3 aromatic carbocycles. The van der Waals surface area contributed by atoms with Crippen LogP contribution in [0.1, 0.15) is 11.1 Å². The van der Waals surface area contributed by atoms with Gasteiger partial charge in [0.1, 0.15) is 17.4 Å². The average Bonchev–Trinajstić information content (AvgIpc) is 2.80. The molecule has 4 aromatic rings. The van der Waals surface area contributed by atoms with E-state index in [9.17, 15) is 19.5 Å². The molecule has 7 nitrogen and oxygen atoms in total. The normalized spacial score (nSPS) is 11.9. The Morgan fingerprint density at radius 3 is 2.42 bits per heavy atom. The number of benzene rings is 3. The molecule has 1 aromatic heterocycles. The molecule has 1 amide bonds. The molecule has 0 aliphatic heterocycles. The Kier molecular flexibility index (Phi) is 6.33. The summed E-state index contributed by atoms with van der Waals surface area (Å²) in [5.41, 5.74) is 1.21. The van der Waals surface area contributed by atoms with Crippen LogP contribution in [0, 0.1) is 6.92 Å². The van der Waals surface area contributed by atoms with Crippen LogP contribution in [0.25, 0.3) is 21.7 Å². The van der Waals surface area contributed by atoms with Gasteiger partial charge in [-0.1, -0.05) is 41.9 Å². The van der Waals surface area contributed by atoms with E-state index < -0.39 is 30.2 Å². The molecule has 2 N–H and O–H groups in total. The number of carboxylic acids is 1. The van der Waals surface area contributed by atoms with Crippen LogP contribution in [0.4, 0.5) is 0 Å². The molecule has 0 bridgehead atoms. The van der Waals surface area contributed by atoms with Crippen molar-refractivity contribution in [2.24, 2.45) is 0 Å². The van der Waals surface area contributed by atoms with Crippen molar-refractivity contribution in [2.75, 3.05) is 6.61 Å². The summed E-state index contributed by atoms with van der Waals surface area (Å²) < 4.78 is 11.1. The van der Waals surface area contributed by atoms with E-state index in [2.05, 4.69) is 5.32 Å². The number of carbonyl (C=O) groups is 2. The molecule has 0 unspecified atom stereocenters. The number of nitrogens with one attached hydrogen (secondary N) is 1. The number of hydrogen-bond acceptors (Lipinski definition) is 5. The van der Waals surface area contributed by atoms with Crippen molar-refractivity contribution in [3.63, 3.8) is 0 Å². The van der Waals surface area contributed by atoms with E-state index in [0.29, 0.717) is 27.3 Å². The van der Waals surface area contributed by atoms with Gasteiger partial charge in [-0.3, -0.25) is 4.79 Å².